The van der Waals surface area contributed by atoms with Crippen LogP contribution < -0.4 is 0 Å². The van der Waals surface area contributed by atoms with E-state index in [9.17, 15) is 0 Å². The van der Waals surface area contributed by atoms with Crippen LogP contribution in [-0.4, -0.2) is 0 Å². The number of hydrogen-bond donors (Lipinski definition) is 0. The van der Waals surface area contributed by atoms with E-state index in [4.69, 9.17) is 9.15 Å². The van der Waals surface area contributed by atoms with Gasteiger partial charge in [0.25, 0.3) is 0 Å². The van der Waals surface area contributed by atoms with Gasteiger partial charge < -0.3 is 9.15 Å². The highest BCUT2D eigenvalue weighted by molar-refractivity contribution is 4.97. The molecule has 0 unspecified atom stereocenters. The second-order valence-corrected chi connectivity index (χ2v) is 2.59. The molecule has 0 saturated carbocycles. The van der Waals surface area contributed by atoms with Crippen LogP contribution in [0.15, 0.2) is 34.6 Å². The van der Waals surface area contributed by atoms with Gasteiger partial charge in [0.15, 0.2) is 0 Å². The van der Waals surface area contributed by atoms with E-state index in [-0.39, 0.29) is 0 Å². The molecule has 0 fully saturated rings. The summed E-state index contributed by atoms with van der Waals surface area (Å²) in [6, 6.07) is 3.74. The predicted molar refractivity (Wildman–Crippen MR) is 42.9 cm³/mol. The van der Waals surface area contributed by atoms with Gasteiger partial charge in [0.2, 0.25) is 0 Å². The Bertz CT molecular complexity index is 218. The Labute approximate surface area is 66.5 Å². The summed E-state index contributed by atoms with van der Waals surface area (Å²) in [7, 11) is 0. The van der Waals surface area contributed by atoms with Crippen molar-refractivity contribution in [1.82, 2.24) is 0 Å². The van der Waals surface area contributed by atoms with Crippen molar-refractivity contribution < 1.29 is 9.15 Å². The van der Waals surface area contributed by atoms with Gasteiger partial charge in [0.05, 0.1) is 12.5 Å². The first-order valence-corrected chi connectivity index (χ1v) is 3.56. The summed E-state index contributed by atoms with van der Waals surface area (Å²) in [6.45, 7) is 4.49. The maximum Gasteiger partial charge on any atom is 0.145 e. The van der Waals surface area contributed by atoms with Crippen molar-refractivity contribution in [1.29, 1.82) is 0 Å². The highest BCUT2D eigenvalue weighted by Gasteiger charge is 1.91. The monoisotopic (exact) mass is 152 g/mol. The molecule has 1 aromatic rings. The van der Waals surface area contributed by atoms with E-state index in [1.807, 2.05) is 26.0 Å². The maximum absolute atomic E-state index is 5.18. The lowest BCUT2D eigenvalue weighted by Crippen LogP contribution is -1.82. The molecular weight excluding hydrogens is 140 g/mol. The minimum absolute atomic E-state index is 0.512. The second-order valence-electron chi connectivity index (χ2n) is 2.59. The molecule has 2 nitrogen and oxygen atoms in total. The molecule has 0 radical (unpaired) electrons. The fourth-order valence-corrected chi connectivity index (χ4v) is 0.685. The van der Waals surface area contributed by atoms with Crippen molar-refractivity contribution in [2.45, 2.75) is 20.5 Å². The van der Waals surface area contributed by atoms with Crippen molar-refractivity contribution in [3.8, 4) is 0 Å². The van der Waals surface area contributed by atoms with Gasteiger partial charge in [-0.1, -0.05) is 0 Å². The maximum atomic E-state index is 5.18. The molecule has 0 atom stereocenters. The predicted octanol–water partition coefficient (Wildman–Crippen LogP) is 2.72. The van der Waals surface area contributed by atoms with E-state index in [2.05, 4.69) is 0 Å². The number of furan rings is 1. The third-order valence-electron chi connectivity index (χ3n) is 1.12. The lowest BCUT2D eigenvalue weighted by Gasteiger charge is -1.96. The Morgan fingerprint density at radius 2 is 2.45 bits per heavy atom. The Balaban J connectivity index is 2.30. The van der Waals surface area contributed by atoms with Gasteiger partial charge in [0.1, 0.15) is 12.4 Å². The minimum Gasteiger partial charge on any atom is -0.493 e. The van der Waals surface area contributed by atoms with Gasteiger partial charge in [-0.25, -0.2) is 0 Å². The largest absolute Gasteiger partial charge is 0.493 e. The van der Waals surface area contributed by atoms with Gasteiger partial charge in [-0.15, -0.1) is 0 Å². The Kier molecular flexibility index (Phi) is 2.78. The molecule has 1 aromatic heterocycles. The summed E-state index contributed by atoms with van der Waals surface area (Å²) in [5, 5.41) is 0. The quantitative estimate of drug-likeness (QED) is 0.621. The van der Waals surface area contributed by atoms with E-state index in [1.165, 1.54) is 0 Å². The van der Waals surface area contributed by atoms with Crippen molar-refractivity contribution in [2.24, 2.45) is 0 Å². The highest BCUT2D eigenvalue weighted by atomic mass is 16.5. The van der Waals surface area contributed by atoms with Gasteiger partial charge in [-0.2, -0.15) is 0 Å². The van der Waals surface area contributed by atoms with E-state index in [1.54, 1.807) is 12.5 Å². The number of rotatable bonds is 3. The van der Waals surface area contributed by atoms with Crippen LogP contribution >= 0.6 is 0 Å². The Hall–Kier alpha value is -1.18. The van der Waals surface area contributed by atoms with Crippen molar-refractivity contribution >= 4 is 0 Å². The van der Waals surface area contributed by atoms with Crippen LogP contribution in [0.5, 0.6) is 0 Å². The summed E-state index contributed by atoms with van der Waals surface area (Å²) in [5.41, 5.74) is 1.15. The fraction of sp³-hybridized carbons (Fsp3) is 0.333. The SMILES string of the molecule is CC(C)=COCc1ccco1. The third kappa shape index (κ3) is 2.94. The zero-order chi connectivity index (χ0) is 8.10. The minimum atomic E-state index is 0.512. The normalized spacial score (nSPS) is 9.27. The van der Waals surface area contributed by atoms with Crippen LogP contribution in [-0.2, 0) is 11.3 Å². The van der Waals surface area contributed by atoms with Crippen molar-refractivity contribution in [2.75, 3.05) is 0 Å². The summed E-state index contributed by atoms with van der Waals surface area (Å²) >= 11 is 0. The summed E-state index contributed by atoms with van der Waals surface area (Å²) in [6.07, 6.45) is 3.36. The zero-order valence-electron chi connectivity index (χ0n) is 6.83. The third-order valence-corrected chi connectivity index (χ3v) is 1.12. The molecule has 0 aliphatic heterocycles. The molecule has 0 bridgehead atoms. The Morgan fingerprint density at radius 1 is 1.64 bits per heavy atom. The summed E-state index contributed by atoms with van der Waals surface area (Å²) in [4.78, 5) is 0. The average molecular weight is 152 g/mol. The lowest BCUT2D eigenvalue weighted by atomic mass is 10.4. The van der Waals surface area contributed by atoms with E-state index >= 15 is 0 Å². The van der Waals surface area contributed by atoms with Crippen molar-refractivity contribution in [3.05, 3.63) is 36.0 Å². The molecule has 0 spiro atoms. The number of allylic oxidation sites excluding steroid dienone is 1. The molecule has 1 heterocycles. The molecule has 60 valence electrons. The fourth-order valence-electron chi connectivity index (χ4n) is 0.685. The molecule has 0 aliphatic rings. The number of ether oxygens (including phenoxy) is 1. The standard InChI is InChI=1S/C9H12O2/c1-8(2)6-10-7-9-4-3-5-11-9/h3-6H,7H2,1-2H3. The molecule has 11 heavy (non-hydrogen) atoms. The topological polar surface area (TPSA) is 22.4 Å². The average Bonchev–Trinajstić information content (AvgIpc) is 2.39. The van der Waals surface area contributed by atoms with Crippen LogP contribution in [0.2, 0.25) is 0 Å². The Morgan fingerprint density at radius 3 is 3.00 bits per heavy atom. The molecule has 0 aliphatic carbocycles. The van der Waals surface area contributed by atoms with Gasteiger partial charge in [-0.05, 0) is 31.6 Å². The van der Waals surface area contributed by atoms with E-state index in [0.717, 1.165) is 11.3 Å². The molecule has 0 saturated heterocycles. The van der Waals surface area contributed by atoms with Gasteiger partial charge in [-0.3, -0.25) is 0 Å². The second kappa shape index (κ2) is 3.86. The van der Waals surface area contributed by atoms with Gasteiger partial charge in [0, 0.05) is 0 Å². The molecule has 1 rings (SSSR count). The van der Waals surface area contributed by atoms with Gasteiger partial charge >= 0.3 is 0 Å². The smallest absolute Gasteiger partial charge is 0.145 e. The molecule has 0 N–H and O–H groups in total. The van der Waals surface area contributed by atoms with E-state index in [0.29, 0.717) is 6.61 Å². The number of hydrogen-bond acceptors (Lipinski definition) is 2. The van der Waals surface area contributed by atoms with Crippen LogP contribution in [0.4, 0.5) is 0 Å². The van der Waals surface area contributed by atoms with Crippen LogP contribution in [0.3, 0.4) is 0 Å². The molecular formula is C9H12O2. The lowest BCUT2D eigenvalue weighted by molar-refractivity contribution is 0.207. The van der Waals surface area contributed by atoms with Crippen molar-refractivity contribution in [3.63, 3.8) is 0 Å². The first-order chi connectivity index (χ1) is 5.29. The summed E-state index contributed by atoms with van der Waals surface area (Å²) < 4.78 is 10.2. The van der Waals surface area contributed by atoms with Crippen LogP contribution in [0.25, 0.3) is 0 Å². The summed E-state index contributed by atoms with van der Waals surface area (Å²) in [5.74, 6) is 0.850. The van der Waals surface area contributed by atoms with Crippen LogP contribution in [0, 0.1) is 0 Å². The molecule has 2 heteroatoms. The first kappa shape index (κ1) is 7.92. The molecule has 0 amide bonds. The van der Waals surface area contributed by atoms with Crippen LogP contribution in [0.1, 0.15) is 19.6 Å². The molecule has 0 aromatic carbocycles. The highest BCUT2D eigenvalue weighted by Crippen LogP contribution is 2.02. The first-order valence-electron chi connectivity index (χ1n) is 3.56. The zero-order valence-corrected chi connectivity index (χ0v) is 6.83. The van der Waals surface area contributed by atoms with E-state index < -0.39 is 0 Å².